The number of nitrogen functional groups attached to an aromatic ring is 1. The van der Waals surface area contributed by atoms with E-state index < -0.39 is 0 Å². The molecule has 0 unspecified atom stereocenters. The maximum absolute atomic E-state index is 6.01. The van der Waals surface area contributed by atoms with Gasteiger partial charge in [0.2, 0.25) is 0 Å². The first-order valence-electron chi connectivity index (χ1n) is 6.97. The van der Waals surface area contributed by atoms with Crippen LogP contribution in [-0.4, -0.2) is 9.97 Å². The van der Waals surface area contributed by atoms with Gasteiger partial charge in [-0.25, -0.2) is 9.97 Å². The number of halogens is 1. The molecule has 5 heteroatoms. The van der Waals surface area contributed by atoms with Gasteiger partial charge in [-0.2, -0.15) is 0 Å². The number of benzene rings is 1. The molecule has 0 fully saturated rings. The molecule has 112 valence electrons. The molecule has 4 nitrogen and oxygen atoms in total. The van der Waals surface area contributed by atoms with Gasteiger partial charge in [0.25, 0.3) is 0 Å². The zero-order valence-electron chi connectivity index (χ0n) is 13.1. The van der Waals surface area contributed by atoms with Crippen LogP contribution in [0.5, 0.6) is 0 Å². The molecule has 0 bridgehead atoms. The summed E-state index contributed by atoms with van der Waals surface area (Å²) in [5, 5.41) is 3.42. The van der Waals surface area contributed by atoms with Crippen molar-refractivity contribution in [1.29, 1.82) is 0 Å². The van der Waals surface area contributed by atoms with Gasteiger partial charge in [0.15, 0.2) is 0 Å². The monoisotopic (exact) mass is 348 g/mol. The molecule has 0 aliphatic rings. The van der Waals surface area contributed by atoms with E-state index in [1.807, 2.05) is 6.92 Å². The molecule has 0 amide bonds. The first kappa shape index (κ1) is 15.8. The zero-order chi connectivity index (χ0) is 15.7. The Morgan fingerprint density at radius 1 is 1.10 bits per heavy atom. The Balaban J connectivity index is 2.49. The van der Waals surface area contributed by atoms with Crippen molar-refractivity contribution < 1.29 is 0 Å². The van der Waals surface area contributed by atoms with Crippen molar-refractivity contribution in [1.82, 2.24) is 9.97 Å². The Morgan fingerprint density at radius 2 is 1.67 bits per heavy atom. The van der Waals surface area contributed by atoms with Gasteiger partial charge in [0, 0.05) is 21.6 Å². The van der Waals surface area contributed by atoms with Gasteiger partial charge in [0.1, 0.15) is 17.5 Å². The highest BCUT2D eigenvalue weighted by molar-refractivity contribution is 9.10. The molecular weight excluding hydrogens is 328 g/mol. The number of nitrogens with two attached hydrogens (primary N) is 1. The average Bonchev–Trinajstić information content (AvgIpc) is 2.37. The minimum atomic E-state index is 0.237. The lowest BCUT2D eigenvalue weighted by Crippen LogP contribution is -2.09. The molecule has 0 aliphatic heterocycles. The lowest BCUT2D eigenvalue weighted by molar-refractivity contribution is 0.776. The second kappa shape index (κ2) is 6.02. The smallest absolute Gasteiger partial charge is 0.139 e. The van der Waals surface area contributed by atoms with E-state index in [0.717, 1.165) is 38.5 Å². The topological polar surface area (TPSA) is 63.8 Å². The van der Waals surface area contributed by atoms with Crippen molar-refractivity contribution in [3.63, 3.8) is 0 Å². The van der Waals surface area contributed by atoms with Crippen molar-refractivity contribution in [3.05, 3.63) is 39.1 Å². The lowest BCUT2D eigenvalue weighted by atomic mass is 10.1. The fraction of sp³-hybridized carbons (Fsp3) is 0.375. The highest BCUT2D eigenvalue weighted by Gasteiger charge is 2.13. The summed E-state index contributed by atoms with van der Waals surface area (Å²) in [4.78, 5) is 8.97. The van der Waals surface area contributed by atoms with Crippen LogP contribution in [0.15, 0.2) is 16.6 Å². The van der Waals surface area contributed by atoms with Crippen LogP contribution in [0.1, 0.15) is 42.3 Å². The predicted molar refractivity (Wildman–Crippen MR) is 92.2 cm³/mol. The average molecular weight is 349 g/mol. The summed E-state index contributed by atoms with van der Waals surface area (Å²) >= 11 is 3.52. The van der Waals surface area contributed by atoms with Gasteiger partial charge in [-0.05, 0) is 44.0 Å². The molecule has 21 heavy (non-hydrogen) atoms. The number of hydrogen-bond acceptors (Lipinski definition) is 4. The Kier molecular flexibility index (Phi) is 4.52. The second-order valence-electron chi connectivity index (χ2n) is 5.63. The Bertz CT molecular complexity index is 657. The highest BCUT2D eigenvalue weighted by Crippen LogP contribution is 2.30. The van der Waals surface area contributed by atoms with E-state index in [1.54, 1.807) is 0 Å². The van der Waals surface area contributed by atoms with Crippen LogP contribution >= 0.6 is 15.9 Å². The molecule has 0 spiro atoms. The maximum atomic E-state index is 6.01. The molecule has 2 rings (SSSR count). The summed E-state index contributed by atoms with van der Waals surface area (Å²) in [7, 11) is 0. The third-order valence-corrected chi connectivity index (χ3v) is 3.92. The molecular formula is C16H21BrN4. The van der Waals surface area contributed by atoms with E-state index in [9.17, 15) is 0 Å². The van der Waals surface area contributed by atoms with E-state index in [1.165, 1.54) is 0 Å². The van der Waals surface area contributed by atoms with Crippen molar-refractivity contribution >= 4 is 33.3 Å². The van der Waals surface area contributed by atoms with E-state index in [2.05, 4.69) is 71.0 Å². The van der Waals surface area contributed by atoms with Crippen LogP contribution in [0.25, 0.3) is 0 Å². The van der Waals surface area contributed by atoms with Crippen LogP contribution in [0.2, 0.25) is 0 Å². The summed E-state index contributed by atoms with van der Waals surface area (Å²) in [6.07, 6.45) is 0. The standard InChI is InChI=1S/C16H21BrN4/c1-8(2)15-20-14(18)11(5)16(21-15)19-13-9(3)6-12(17)7-10(13)4/h6-8H,1-5H3,(H3,18,19,20,21). The molecule has 0 saturated carbocycles. The van der Waals surface area contributed by atoms with Crippen LogP contribution in [0, 0.1) is 20.8 Å². The molecule has 1 aromatic carbocycles. The van der Waals surface area contributed by atoms with Crippen LogP contribution < -0.4 is 11.1 Å². The zero-order valence-corrected chi connectivity index (χ0v) is 14.7. The van der Waals surface area contributed by atoms with Gasteiger partial charge in [-0.1, -0.05) is 29.8 Å². The summed E-state index contributed by atoms with van der Waals surface area (Å²) in [6.45, 7) is 10.2. The van der Waals surface area contributed by atoms with E-state index in [-0.39, 0.29) is 5.92 Å². The van der Waals surface area contributed by atoms with Crippen LogP contribution in [-0.2, 0) is 0 Å². The minimum absolute atomic E-state index is 0.237. The Labute approximate surface area is 134 Å². The van der Waals surface area contributed by atoms with Gasteiger partial charge >= 0.3 is 0 Å². The number of anilines is 3. The van der Waals surface area contributed by atoms with Crippen molar-refractivity contribution in [2.75, 3.05) is 11.1 Å². The predicted octanol–water partition coefficient (Wildman–Crippen LogP) is 4.61. The third-order valence-electron chi connectivity index (χ3n) is 3.46. The molecule has 3 N–H and O–H groups in total. The largest absolute Gasteiger partial charge is 0.383 e. The van der Waals surface area contributed by atoms with Gasteiger partial charge < -0.3 is 11.1 Å². The van der Waals surface area contributed by atoms with E-state index >= 15 is 0 Å². The number of aryl methyl sites for hydroxylation is 2. The molecule has 2 aromatic rings. The van der Waals surface area contributed by atoms with Crippen molar-refractivity contribution in [2.24, 2.45) is 0 Å². The first-order valence-corrected chi connectivity index (χ1v) is 7.76. The number of nitrogens with one attached hydrogen (secondary N) is 1. The molecule has 1 heterocycles. The Hall–Kier alpha value is -1.62. The number of aromatic nitrogens is 2. The summed E-state index contributed by atoms with van der Waals surface area (Å²) in [6, 6.07) is 4.16. The normalized spacial score (nSPS) is 11.0. The van der Waals surface area contributed by atoms with E-state index in [4.69, 9.17) is 5.73 Å². The van der Waals surface area contributed by atoms with Crippen LogP contribution in [0.4, 0.5) is 17.3 Å². The molecule has 0 aliphatic carbocycles. The van der Waals surface area contributed by atoms with E-state index in [0.29, 0.717) is 5.82 Å². The quantitative estimate of drug-likeness (QED) is 0.849. The van der Waals surface area contributed by atoms with Crippen molar-refractivity contribution in [2.45, 2.75) is 40.5 Å². The first-order chi connectivity index (χ1) is 9.79. The van der Waals surface area contributed by atoms with Crippen molar-refractivity contribution in [3.8, 4) is 0 Å². The third kappa shape index (κ3) is 3.35. The summed E-state index contributed by atoms with van der Waals surface area (Å²) in [5.41, 5.74) is 10.3. The van der Waals surface area contributed by atoms with Gasteiger partial charge in [-0.3, -0.25) is 0 Å². The molecule has 0 radical (unpaired) electrons. The van der Waals surface area contributed by atoms with Gasteiger partial charge in [0.05, 0.1) is 0 Å². The maximum Gasteiger partial charge on any atom is 0.139 e. The fourth-order valence-corrected chi connectivity index (χ4v) is 2.84. The Morgan fingerprint density at radius 3 is 2.19 bits per heavy atom. The molecule has 0 saturated heterocycles. The SMILES string of the molecule is Cc1cc(Br)cc(C)c1Nc1nc(C(C)C)nc(N)c1C. The lowest BCUT2D eigenvalue weighted by Gasteiger charge is -2.17. The number of rotatable bonds is 3. The number of hydrogen-bond donors (Lipinski definition) is 2. The second-order valence-corrected chi connectivity index (χ2v) is 6.55. The summed E-state index contributed by atoms with van der Waals surface area (Å²) in [5.74, 6) is 2.30. The highest BCUT2D eigenvalue weighted by atomic mass is 79.9. The summed E-state index contributed by atoms with van der Waals surface area (Å²) < 4.78 is 1.07. The minimum Gasteiger partial charge on any atom is -0.383 e. The molecule has 1 aromatic heterocycles. The van der Waals surface area contributed by atoms with Gasteiger partial charge in [-0.15, -0.1) is 0 Å². The fourth-order valence-electron chi connectivity index (χ4n) is 2.16. The number of nitrogens with zero attached hydrogens (tertiary/aromatic N) is 2. The molecule has 0 atom stereocenters. The van der Waals surface area contributed by atoms with Crippen LogP contribution in [0.3, 0.4) is 0 Å².